The molecular weight excluding hydrogens is 284 g/mol. The second-order valence-corrected chi connectivity index (χ2v) is 5.39. The Kier molecular flexibility index (Phi) is 3.70. The van der Waals surface area contributed by atoms with Crippen LogP contribution >= 0.6 is 11.3 Å². The SMILES string of the molecule is C/C(=N/NC(=O)c1ccncc1)c1nc2ccccc2s1. The van der Waals surface area contributed by atoms with E-state index in [4.69, 9.17) is 0 Å². The highest BCUT2D eigenvalue weighted by atomic mass is 32.1. The normalized spacial score (nSPS) is 11.6. The topological polar surface area (TPSA) is 67.2 Å². The highest BCUT2D eigenvalue weighted by Crippen LogP contribution is 2.21. The van der Waals surface area contributed by atoms with Crippen LogP contribution in [0.5, 0.6) is 0 Å². The number of carbonyl (C=O) groups excluding carboxylic acids is 1. The van der Waals surface area contributed by atoms with E-state index in [9.17, 15) is 4.79 Å². The Bertz CT molecular complexity index is 778. The van der Waals surface area contributed by atoms with Crippen molar-refractivity contribution in [2.24, 2.45) is 5.10 Å². The van der Waals surface area contributed by atoms with Gasteiger partial charge in [-0.2, -0.15) is 5.10 Å². The number of thiazole rings is 1. The number of hydrogen-bond donors (Lipinski definition) is 1. The molecule has 0 radical (unpaired) electrons. The molecule has 2 aromatic heterocycles. The number of carbonyl (C=O) groups is 1. The van der Waals surface area contributed by atoms with Gasteiger partial charge in [-0.3, -0.25) is 9.78 Å². The number of pyridine rings is 1. The Hall–Kier alpha value is -2.60. The number of fused-ring (bicyclic) bond motifs is 1. The molecule has 0 atom stereocenters. The third-order valence-corrected chi connectivity index (χ3v) is 4.02. The lowest BCUT2D eigenvalue weighted by Gasteiger charge is -2.00. The van der Waals surface area contributed by atoms with Crippen molar-refractivity contribution in [3.63, 3.8) is 0 Å². The van der Waals surface area contributed by atoms with E-state index in [2.05, 4.69) is 20.5 Å². The summed E-state index contributed by atoms with van der Waals surface area (Å²) in [6.45, 7) is 1.82. The lowest BCUT2D eigenvalue weighted by Crippen LogP contribution is -2.19. The average molecular weight is 296 g/mol. The van der Waals surface area contributed by atoms with Gasteiger partial charge in [0, 0.05) is 18.0 Å². The van der Waals surface area contributed by atoms with E-state index in [1.807, 2.05) is 31.2 Å². The third kappa shape index (κ3) is 2.95. The lowest BCUT2D eigenvalue weighted by molar-refractivity contribution is 0.0954. The number of hydrazone groups is 1. The molecule has 1 N–H and O–H groups in total. The van der Waals surface area contributed by atoms with Crippen LogP contribution in [0.4, 0.5) is 0 Å². The molecule has 21 heavy (non-hydrogen) atoms. The molecule has 6 heteroatoms. The first-order valence-electron chi connectivity index (χ1n) is 6.34. The fourth-order valence-corrected chi connectivity index (χ4v) is 2.69. The predicted octanol–water partition coefficient (Wildman–Crippen LogP) is 2.85. The minimum Gasteiger partial charge on any atom is -0.267 e. The minimum absolute atomic E-state index is 0.266. The Morgan fingerprint density at radius 2 is 1.95 bits per heavy atom. The maximum absolute atomic E-state index is 11.9. The summed E-state index contributed by atoms with van der Waals surface area (Å²) in [4.78, 5) is 20.3. The summed E-state index contributed by atoms with van der Waals surface area (Å²) in [6, 6.07) is 11.2. The zero-order valence-electron chi connectivity index (χ0n) is 11.3. The number of benzene rings is 1. The monoisotopic (exact) mass is 296 g/mol. The standard InChI is InChI=1S/C15H12N4OS/c1-10(15-17-12-4-2-3-5-13(12)21-15)18-19-14(20)11-6-8-16-9-7-11/h2-9H,1H3,(H,19,20)/b18-10-. The second-order valence-electron chi connectivity index (χ2n) is 4.36. The van der Waals surface area contributed by atoms with Crippen LogP contribution in [0, 0.1) is 0 Å². The summed E-state index contributed by atoms with van der Waals surface area (Å²) in [5.41, 5.74) is 4.67. The molecular formula is C15H12N4OS. The van der Waals surface area contributed by atoms with E-state index < -0.39 is 0 Å². The Balaban J connectivity index is 1.78. The predicted molar refractivity (Wildman–Crippen MR) is 83.5 cm³/mol. The molecule has 0 aliphatic heterocycles. The molecule has 0 spiro atoms. The van der Waals surface area contributed by atoms with Crippen LogP contribution in [0.2, 0.25) is 0 Å². The molecule has 3 rings (SSSR count). The fraction of sp³-hybridized carbons (Fsp3) is 0.0667. The molecule has 0 saturated carbocycles. The Morgan fingerprint density at radius 3 is 2.71 bits per heavy atom. The summed E-state index contributed by atoms with van der Waals surface area (Å²) >= 11 is 1.55. The number of para-hydroxylation sites is 1. The van der Waals surface area contributed by atoms with Crippen LogP contribution in [0.25, 0.3) is 10.2 Å². The van der Waals surface area contributed by atoms with Crippen molar-refractivity contribution in [3.8, 4) is 0 Å². The van der Waals surface area contributed by atoms with E-state index in [1.54, 1.807) is 35.9 Å². The van der Waals surface area contributed by atoms with E-state index in [0.717, 1.165) is 15.2 Å². The van der Waals surface area contributed by atoms with Crippen LogP contribution in [-0.2, 0) is 0 Å². The van der Waals surface area contributed by atoms with Gasteiger partial charge in [0.1, 0.15) is 5.01 Å². The average Bonchev–Trinajstić information content (AvgIpc) is 2.97. The molecule has 0 fully saturated rings. The quantitative estimate of drug-likeness (QED) is 0.597. The molecule has 1 aromatic carbocycles. The number of hydrogen-bond acceptors (Lipinski definition) is 5. The smallest absolute Gasteiger partial charge is 0.267 e. The summed E-state index contributed by atoms with van der Waals surface area (Å²) in [5.74, 6) is -0.266. The molecule has 0 saturated heterocycles. The molecule has 1 amide bonds. The van der Waals surface area contributed by atoms with Crippen molar-refractivity contribution in [1.29, 1.82) is 0 Å². The third-order valence-electron chi connectivity index (χ3n) is 2.87. The van der Waals surface area contributed by atoms with Crippen LogP contribution in [0.15, 0.2) is 53.9 Å². The molecule has 3 aromatic rings. The molecule has 0 aliphatic rings. The van der Waals surface area contributed by atoms with Gasteiger partial charge >= 0.3 is 0 Å². The first-order valence-corrected chi connectivity index (χ1v) is 7.16. The van der Waals surface area contributed by atoms with Gasteiger partial charge in [-0.25, -0.2) is 10.4 Å². The number of amides is 1. The lowest BCUT2D eigenvalue weighted by atomic mass is 10.3. The summed E-state index contributed by atoms with van der Waals surface area (Å²) in [6.07, 6.45) is 3.14. The number of nitrogens with zero attached hydrogens (tertiary/aromatic N) is 3. The van der Waals surface area contributed by atoms with Gasteiger partial charge in [0.25, 0.3) is 5.91 Å². The van der Waals surface area contributed by atoms with E-state index in [-0.39, 0.29) is 5.91 Å². The van der Waals surface area contributed by atoms with Crippen LogP contribution in [0.1, 0.15) is 22.3 Å². The molecule has 0 unspecified atom stereocenters. The van der Waals surface area contributed by atoms with Gasteiger partial charge in [0.15, 0.2) is 0 Å². The van der Waals surface area contributed by atoms with Crippen molar-refractivity contribution < 1.29 is 4.79 Å². The Labute approximate surface area is 125 Å². The van der Waals surface area contributed by atoms with Crippen LogP contribution < -0.4 is 5.43 Å². The number of rotatable bonds is 3. The zero-order chi connectivity index (χ0) is 14.7. The number of nitrogens with one attached hydrogen (secondary N) is 1. The van der Waals surface area contributed by atoms with E-state index in [0.29, 0.717) is 11.3 Å². The highest BCUT2D eigenvalue weighted by Gasteiger charge is 2.07. The second kappa shape index (κ2) is 5.80. The molecule has 5 nitrogen and oxygen atoms in total. The van der Waals surface area contributed by atoms with Crippen molar-refractivity contribution in [2.45, 2.75) is 6.92 Å². The van der Waals surface area contributed by atoms with Crippen molar-refractivity contribution in [2.75, 3.05) is 0 Å². The van der Waals surface area contributed by atoms with Gasteiger partial charge in [-0.05, 0) is 31.2 Å². The van der Waals surface area contributed by atoms with Crippen molar-refractivity contribution in [1.82, 2.24) is 15.4 Å². The van der Waals surface area contributed by atoms with E-state index >= 15 is 0 Å². The van der Waals surface area contributed by atoms with Gasteiger partial charge in [-0.1, -0.05) is 12.1 Å². The zero-order valence-corrected chi connectivity index (χ0v) is 12.1. The van der Waals surface area contributed by atoms with Crippen LogP contribution in [0.3, 0.4) is 0 Å². The first kappa shape index (κ1) is 13.4. The van der Waals surface area contributed by atoms with Crippen LogP contribution in [-0.4, -0.2) is 21.6 Å². The Morgan fingerprint density at radius 1 is 1.19 bits per heavy atom. The highest BCUT2D eigenvalue weighted by molar-refractivity contribution is 7.20. The maximum Gasteiger partial charge on any atom is 0.271 e. The molecule has 0 bridgehead atoms. The first-order chi connectivity index (χ1) is 10.2. The molecule has 0 aliphatic carbocycles. The largest absolute Gasteiger partial charge is 0.271 e. The van der Waals surface area contributed by atoms with Gasteiger partial charge in [0.05, 0.1) is 15.9 Å². The summed E-state index contributed by atoms with van der Waals surface area (Å²) in [7, 11) is 0. The number of aromatic nitrogens is 2. The van der Waals surface area contributed by atoms with E-state index in [1.165, 1.54) is 0 Å². The van der Waals surface area contributed by atoms with Crippen molar-refractivity contribution >= 4 is 33.2 Å². The summed E-state index contributed by atoms with van der Waals surface area (Å²) in [5, 5.41) is 4.91. The minimum atomic E-state index is -0.266. The van der Waals surface area contributed by atoms with Gasteiger partial charge in [-0.15, -0.1) is 11.3 Å². The van der Waals surface area contributed by atoms with Gasteiger partial charge in [0.2, 0.25) is 0 Å². The molecule has 104 valence electrons. The summed E-state index contributed by atoms with van der Waals surface area (Å²) < 4.78 is 1.10. The maximum atomic E-state index is 11.9. The fourth-order valence-electron chi connectivity index (χ4n) is 1.78. The molecule has 2 heterocycles. The van der Waals surface area contributed by atoms with Gasteiger partial charge < -0.3 is 0 Å². The van der Waals surface area contributed by atoms with Crippen molar-refractivity contribution in [3.05, 3.63) is 59.4 Å².